The second-order valence-corrected chi connectivity index (χ2v) is 5.75. The number of rotatable bonds is 8. The van der Waals surface area contributed by atoms with Gasteiger partial charge >= 0.3 is 24.0 Å². The molecular weight excluding hydrogens is 388 g/mol. The lowest BCUT2D eigenvalue weighted by Gasteiger charge is -2.15. The van der Waals surface area contributed by atoms with Crippen LogP contribution in [0.2, 0.25) is 0 Å². The minimum absolute atomic E-state index is 0.0949. The number of hydrogen-bond donors (Lipinski definition) is 2. The molecule has 2 saturated heterocycles. The number of nitrogens with one attached hydrogen (secondary N) is 2. The number of urea groups is 2. The Bertz CT molecular complexity index is 750. The SMILES string of the molecule is CCOC(=O)C=C1NC(=O)N(CCCN2C(=O)NC(=CC(=O)OCC)C2=O)C1=O. The Balaban J connectivity index is 1.92. The molecule has 0 saturated carbocycles. The van der Waals surface area contributed by atoms with Crippen LogP contribution >= 0.6 is 0 Å². The molecule has 2 aliphatic heterocycles. The average molecular weight is 408 g/mol. The third-order valence-electron chi connectivity index (χ3n) is 3.79. The van der Waals surface area contributed by atoms with E-state index < -0.39 is 35.8 Å². The smallest absolute Gasteiger partial charge is 0.333 e. The van der Waals surface area contributed by atoms with Gasteiger partial charge in [0.2, 0.25) is 0 Å². The van der Waals surface area contributed by atoms with Crippen molar-refractivity contribution in [2.75, 3.05) is 26.3 Å². The lowest BCUT2D eigenvalue weighted by Crippen LogP contribution is -2.36. The van der Waals surface area contributed by atoms with Crippen molar-refractivity contribution in [1.29, 1.82) is 0 Å². The van der Waals surface area contributed by atoms with E-state index in [0.29, 0.717) is 0 Å². The van der Waals surface area contributed by atoms with Crippen molar-refractivity contribution in [2.24, 2.45) is 0 Å². The van der Waals surface area contributed by atoms with Gasteiger partial charge in [0.15, 0.2) is 0 Å². The summed E-state index contributed by atoms with van der Waals surface area (Å²) in [6.45, 7) is 3.24. The lowest BCUT2D eigenvalue weighted by molar-refractivity contribution is -0.138. The molecule has 0 aromatic carbocycles. The second kappa shape index (κ2) is 9.48. The van der Waals surface area contributed by atoms with Crippen LogP contribution in [-0.2, 0) is 28.7 Å². The Kier molecular flexibility index (Phi) is 7.06. The predicted molar refractivity (Wildman–Crippen MR) is 94.5 cm³/mol. The maximum atomic E-state index is 12.2. The molecular formula is C17H20N4O8. The fourth-order valence-corrected chi connectivity index (χ4v) is 2.54. The first-order valence-corrected chi connectivity index (χ1v) is 8.81. The first-order chi connectivity index (χ1) is 13.8. The molecule has 12 heteroatoms. The van der Waals surface area contributed by atoms with Gasteiger partial charge in [-0.3, -0.25) is 19.4 Å². The second-order valence-electron chi connectivity index (χ2n) is 5.75. The van der Waals surface area contributed by atoms with E-state index in [1.54, 1.807) is 13.8 Å². The summed E-state index contributed by atoms with van der Waals surface area (Å²) in [5.74, 6) is -2.97. The van der Waals surface area contributed by atoms with Crippen molar-refractivity contribution in [2.45, 2.75) is 20.3 Å². The highest BCUT2D eigenvalue weighted by Crippen LogP contribution is 2.13. The van der Waals surface area contributed by atoms with Crippen LogP contribution in [0.5, 0.6) is 0 Å². The van der Waals surface area contributed by atoms with E-state index in [1.165, 1.54) is 0 Å². The highest BCUT2D eigenvalue weighted by atomic mass is 16.5. The number of amides is 6. The van der Waals surface area contributed by atoms with E-state index in [2.05, 4.69) is 20.1 Å². The Morgan fingerprint density at radius 3 is 1.52 bits per heavy atom. The molecule has 2 rings (SSSR count). The van der Waals surface area contributed by atoms with Gasteiger partial charge in [0.1, 0.15) is 11.4 Å². The molecule has 0 aromatic heterocycles. The van der Waals surface area contributed by atoms with Gasteiger partial charge in [-0.1, -0.05) is 0 Å². The maximum absolute atomic E-state index is 12.2. The number of hydrogen-bond acceptors (Lipinski definition) is 8. The van der Waals surface area contributed by atoms with Crippen LogP contribution in [0.4, 0.5) is 9.59 Å². The van der Waals surface area contributed by atoms with E-state index >= 15 is 0 Å². The average Bonchev–Trinajstić information content (AvgIpc) is 3.06. The van der Waals surface area contributed by atoms with Crippen LogP contribution in [0.15, 0.2) is 23.5 Å². The zero-order valence-electron chi connectivity index (χ0n) is 15.9. The molecule has 0 radical (unpaired) electrons. The van der Waals surface area contributed by atoms with Gasteiger partial charge in [0.25, 0.3) is 11.8 Å². The summed E-state index contributed by atoms with van der Waals surface area (Å²) in [6, 6.07) is -1.46. The molecule has 0 aliphatic carbocycles. The fourth-order valence-electron chi connectivity index (χ4n) is 2.54. The minimum Gasteiger partial charge on any atom is -0.463 e. The van der Waals surface area contributed by atoms with Crippen molar-refractivity contribution in [3.05, 3.63) is 23.5 Å². The largest absolute Gasteiger partial charge is 0.463 e. The fraction of sp³-hybridized carbons (Fsp3) is 0.412. The topological polar surface area (TPSA) is 151 Å². The standard InChI is InChI=1S/C17H20N4O8/c1-3-28-12(22)8-10-14(24)20(16(26)18-10)6-5-7-21-15(25)11(19-17(21)27)9-13(23)29-4-2/h8-9H,3-7H2,1-2H3,(H,18,26)(H,19,27). The molecule has 2 N–H and O–H groups in total. The van der Waals surface area contributed by atoms with Gasteiger partial charge in [-0.2, -0.15) is 0 Å². The number of carbonyl (C=O) groups excluding carboxylic acids is 6. The lowest BCUT2D eigenvalue weighted by atomic mass is 10.3. The zero-order valence-corrected chi connectivity index (χ0v) is 15.9. The maximum Gasteiger partial charge on any atom is 0.333 e. The Morgan fingerprint density at radius 1 is 0.793 bits per heavy atom. The first-order valence-electron chi connectivity index (χ1n) is 8.81. The highest BCUT2D eigenvalue weighted by molar-refractivity contribution is 6.14. The molecule has 12 nitrogen and oxygen atoms in total. The Morgan fingerprint density at radius 2 is 1.17 bits per heavy atom. The van der Waals surface area contributed by atoms with Crippen molar-refractivity contribution in [1.82, 2.24) is 20.4 Å². The summed E-state index contributed by atoms with van der Waals surface area (Å²) < 4.78 is 9.37. The molecule has 2 aliphatic rings. The van der Waals surface area contributed by atoms with Crippen LogP contribution < -0.4 is 10.6 Å². The van der Waals surface area contributed by atoms with Gasteiger partial charge in [-0.25, -0.2) is 19.2 Å². The van der Waals surface area contributed by atoms with E-state index in [-0.39, 0.29) is 44.1 Å². The van der Waals surface area contributed by atoms with Crippen molar-refractivity contribution in [3.63, 3.8) is 0 Å². The number of ether oxygens (including phenoxy) is 2. The molecule has 156 valence electrons. The van der Waals surface area contributed by atoms with Gasteiger partial charge in [-0.05, 0) is 20.3 Å². The van der Waals surface area contributed by atoms with Gasteiger partial charge in [0.05, 0.1) is 25.4 Å². The van der Waals surface area contributed by atoms with Crippen molar-refractivity contribution < 1.29 is 38.2 Å². The van der Waals surface area contributed by atoms with Gasteiger partial charge in [-0.15, -0.1) is 0 Å². The number of esters is 2. The number of imide groups is 2. The summed E-state index contributed by atoms with van der Waals surface area (Å²) >= 11 is 0. The summed E-state index contributed by atoms with van der Waals surface area (Å²) in [5.41, 5.74) is -0.439. The summed E-state index contributed by atoms with van der Waals surface area (Å²) in [4.78, 5) is 72.7. The molecule has 0 unspecified atom stereocenters. The normalized spacial score (nSPS) is 19.1. The van der Waals surface area contributed by atoms with E-state index in [0.717, 1.165) is 22.0 Å². The molecule has 2 heterocycles. The molecule has 0 aromatic rings. The van der Waals surface area contributed by atoms with Gasteiger partial charge in [0, 0.05) is 13.1 Å². The molecule has 6 amide bonds. The predicted octanol–water partition coefficient (Wildman–Crippen LogP) is -0.626. The Labute approximate surface area is 165 Å². The molecule has 0 atom stereocenters. The summed E-state index contributed by atoms with van der Waals surface area (Å²) in [6.07, 6.45) is 1.86. The quantitative estimate of drug-likeness (QED) is 0.306. The number of nitrogens with zero attached hydrogens (tertiary/aromatic N) is 2. The monoisotopic (exact) mass is 408 g/mol. The summed E-state index contributed by atoms with van der Waals surface area (Å²) in [5, 5.41) is 4.51. The molecule has 29 heavy (non-hydrogen) atoms. The van der Waals surface area contributed by atoms with E-state index in [9.17, 15) is 28.8 Å². The summed E-state index contributed by atoms with van der Waals surface area (Å²) in [7, 11) is 0. The van der Waals surface area contributed by atoms with E-state index in [1.807, 2.05) is 0 Å². The highest BCUT2D eigenvalue weighted by Gasteiger charge is 2.36. The van der Waals surface area contributed by atoms with Crippen LogP contribution in [0.3, 0.4) is 0 Å². The van der Waals surface area contributed by atoms with Crippen molar-refractivity contribution in [3.8, 4) is 0 Å². The molecule has 0 bridgehead atoms. The molecule has 0 spiro atoms. The number of carbonyl (C=O) groups is 6. The van der Waals surface area contributed by atoms with Crippen LogP contribution in [0.1, 0.15) is 20.3 Å². The van der Waals surface area contributed by atoms with Crippen LogP contribution in [0, 0.1) is 0 Å². The van der Waals surface area contributed by atoms with Crippen LogP contribution in [0.25, 0.3) is 0 Å². The van der Waals surface area contributed by atoms with Gasteiger partial charge < -0.3 is 20.1 Å². The third-order valence-corrected chi connectivity index (χ3v) is 3.79. The molecule has 2 fully saturated rings. The third kappa shape index (κ3) is 5.18. The minimum atomic E-state index is -0.766. The zero-order chi connectivity index (χ0) is 21.6. The van der Waals surface area contributed by atoms with Crippen LogP contribution in [-0.4, -0.2) is 71.9 Å². The first kappa shape index (κ1) is 21.6. The Hall–Kier alpha value is -3.70. The van der Waals surface area contributed by atoms with Crippen molar-refractivity contribution >= 4 is 35.8 Å². The van der Waals surface area contributed by atoms with E-state index in [4.69, 9.17) is 0 Å².